The van der Waals surface area contributed by atoms with Gasteiger partial charge in [-0.15, -0.1) is 0 Å². The maximum absolute atomic E-state index is 12.9. The maximum Gasteiger partial charge on any atom is 0.416 e. The van der Waals surface area contributed by atoms with E-state index in [1.807, 2.05) is 0 Å². The van der Waals surface area contributed by atoms with Gasteiger partial charge in [0.05, 0.1) is 12.2 Å². The summed E-state index contributed by atoms with van der Waals surface area (Å²) in [6, 6.07) is 10.7. The Labute approximate surface area is 123 Å². The van der Waals surface area contributed by atoms with Crippen molar-refractivity contribution in [2.75, 3.05) is 0 Å². The zero-order valence-electron chi connectivity index (χ0n) is 10.1. The van der Waals surface area contributed by atoms with Gasteiger partial charge in [-0.2, -0.15) is 13.2 Å². The highest BCUT2D eigenvalue weighted by atomic mass is 35.5. The zero-order valence-corrected chi connectivity index (χ0v) is 11.7. The van der Waals surface area contributed by atoms with Crippen molar-refractivity contribution in [2.24, 2.45) is 0 Å². The lowest BCUT2D eigenvalue weighted by atomic mass is 10.1. The van der Waals surface area contributed by atoms with E-state index in [0.29, 0.717) is 9.92 Å². The number of rotatable bonds is 3. The summed E-state index contributed by atoms with van der Waals surface area (Å²) in [6.07, 6.45) is -4.48. The number of benzene rings is 2. The van der Waals surface area contributed by atoms with Gasteiger partial charge in [0, 0.05) is 14.8 Å². The maximum atomic E-state index is 12.9. The first-order chi connectivity index (χ1) is 9.40. The second-order valence-corrected chi connectivity index (χ2v) is 5.61. The van der Waals surface area contributed by atoms with Crippen LogP contribution < -0.4 is 0 Å². The van der Waals surface area contributed by atoms with Gasteiger partial charge in [0.2, 0.25) is 0 Å². The topological polar surface area (TPSA) is 20.2 Å². The first-order valence-electron chi connectivity index (χ1n) is 5.64. The molecule has 1 N–H and O–H groups in total. The Morgan fingerprint density at radius 2 is 1.60 bits per heavy atom. The van der Waals surface area contributed by atoms with Gasteiger partial charge >= 0.3 is 6.18 Å². The molecule has 0 heterocycles. The standard InChI is InChI=1S/C14H10ClF3OS/c15-10-2-5-11(6-3-10)20-12-4-1-9(8-19)13(7-12)14(16,17)18/h1-7,19H,8H2. The van der Waals surface area contributed by atoms with Crippen LogP contribution in [0.1, 0.15) is 11.1 Å². The molecule has 0 aliphatic carbocycles. The third-order valence-electron chi connectivity index (χ3n) is 2.61. The van der Waals surface area contributed by atoms with Crippen LogP contribution in [0.25, 0.3) is 0 Å². The Hall–Kier alpha value is -1.17. The lowest BCUT2D eigenvalue weighted by molar-refractivity contribution is -0.138. The fraction of sp³-hybridized carbons (Fsp3) is 0.143. The van der Waals surface area contributed by atoms with Gasteiger partial charge in [0.25, 0.3) is 0 Å². The minimum absolute atomic E-state index is 0.127. The molecule has 0 aliphatic rings. The molecule has 2 rings (SSSR count). The van der Waals surface area contributed by atoms with Crippen LogP contribution in [0.15, 0.2) is 52.3 Å². The van der Waals surface area contributed by atoms with Crippen molar-refractivity contribution in [2.45, 2.75) is 22.6 Å². The van der Waals surface area contributed by atoms with Crippen molar-refractivity contribution in [3.8, 4) is 0 Å². The van der Waals surface area contributed by atoms with E-state index in [0.717, 1.165) is 11.0 Å². The van der Waals surface area contributed by atoms with Crippen molar-refractivity contribution >= 4 is 23.4 Å². The summed E-state index contributed by atoms with van der Waals surface area (Å²) < 4.78 is 38.6. The van der Waals surface area contributed by atoms with Crippen LogP contribution in [0.5, 0.6) is 0 Å². The third-order valence-corrected chi connectivity index (χ3v) is 3.86. The Kier molecular flexibility index (Phi) is 4.62. The van der Waals surface area contributed by atoms with Gasteiger partial charge in [-0.3, -0.25) is 0 Å². The molecule has 0 saturated heterocycles. The lowest BCUT2D eigenvalue weighted by Gasteiger charge is -2.13. The van der Waals surface area contributed by atoms with Crippen LogP contribution in [-0.4, -0.2) is 5.11 Å². The molecule has 0 unspecified atom stereocenters. The van der Waals surface area contributed by atoms with Crippen molar-refractivity contribution in [3.05, 3.63) is 58.6 Å². The van der Waals surface area contributed by atoms with E-state index in [1.54, 1.807) is 30.3 Å². The first kappa shape index (κ1) is 15.2. The molecule has 20 heavy (non-hydrogen) atoms. The number of alkyl halides is 3. The van der Waals surface area contributed by atoms with E-state index >= 15 is 0 Å². The van der Waals surface area contributed by atoms with E-state index in [2.05, 4.69) is 0 Å². The smallest absolute Gasteiger partial charge is 0.392 e. The largest absolute Gasteiger partial charge is 0.416 e. The highest BCUT2D eigenvalue weighted by molar-refractivity contribution is 7.99. The molecule has 0 aliphatic heterocycles. The fourth-order valence-electron chi connectivity index (χ4n) is 1.66. The van der Waals surface area contributed by atoms with Crippen LogP contribution >= 0.6 is 23.4 Å². The Balaban J connectivity index is 2.31. The molecule has 0 bridgehead atoms. The van der Waals surface area contributed by atoms with E-state index in [9.17, 15) is 13.2 Å². The average molecular weight is 319 g/mol. The fourth-order valence-corrected chi connectivity index (χ4v) is 2.64. The highest BCUT2D eigenvalue weighted by Gasteiger charge is 2.33. The predicted molar refractivity (Wildman–Crippen MR) is 72.9 cm³/mol. The van der Waals surface area contributed by atoms with E-state index in [-0.39, 0.29) is 5.56 Å². The first-order valence-corrected chi connectivity index (χ1v) is 6.84. The molecule has 0 radical (unpaired) electrons. The van der Waals surface area contributed by atoms with Gasteiger partial charge in [-0.25, -0.2) is 0 Å². The molecule has 2 aromatic carbocycles. The average Bonchev–Trinajstić information content (AvgIpc) is 2.40. The Morgan fingerprint density at radius 3 is 2.15 bits per heavy atom. The van der Waals surface area contributed by atoms with Gasteiger partial charge < -0.3 is 5.11 Å². The molecule has 0 aromatic heterocycles. The second kappa shape index (κ2) is 6.08. The molecule has 2 aromatic rings. The molecular weight excluding hydrogens is 309 g/mol. The van der Waals surface area contributed by atoms with E-state index in [4.69, 9.17) is 16.7 Å². The molecule has 0 amide bonds. The molecule has 0 spiro atoms. The van der Waals surface area contributed by atoms with Crippen LogP contribution in [0.3, 0.4) is 0 Å². The number of hydrogen-bond donors (Lipinski definition) is 1. The lowest BCUT2D eigenvalue weighted by Crippen LogP contribution is -2.09. The number of aliphatic hydroxyl groups is 1. The minimum atomic E-state index is -4.48. The van der Waals surface area contributed by atoms with Gasteiger partial charge in [-0.05, 0) is 42.0 Å². The third kappa shape index (κ3) is 3.69. The number of hydrogen-bond acceptors (Lipinski definition) is 2. The molecule has 0 saturated carbocycles. The summed E-state index contributed by atoms with van der Waals surface area (Å²) in [5, 5.41) is 9.54. The van der Waals surface area contributed by atoms with Crippen molar-refractivity contribution < 1.29 is 18.3 Å². The monoisotopic (exact) mass is 318 g/mol. The summed E-state index contributed by atoms with van der Waals surface area (Å²) in [6.45, 7) is -0.638. The van der Waals surface area contributed by atoms with Gasteiger partial charge in [0.1, 0.15) is 0 Å². The zero-order chi connectivity index (χ0) is 14.8. The predicted octanol–water partition coefficient (Wildman–Crippen LogP) is 5.00. The number of aliphatic hydroxyl groups excluding tert-OH is 1. The van der Waals surface area contributed by atoms with E-state index < -0.39 is 18.3 Å². The summed E-state index contributed by atoms with van der Waals surface area (Å²) in [5.74, 6) is 0. The summed E-state index contributed by atoms with van der Waals surface area (Å²) in [5.41, 5.74) is -0.933. The molecule has 1 nitrogen and oxygen atoms in total. The second-order valence-electron chi connectivity index (χ2n) is 4.03. The van der Waals surface area contributed by atoms with Crippen molar-refractivity contribution in [1.82, 2.24) is 0 Å². The van der Waals surface area contributed by atoms with Crippen LogP contribution in [0.4, 0.5) is 13.2 Å². The SMILES string of the molecule is OCc1ccc(Sc2ccc(Cl)cc2)cc1C(F)(F)F. The normalized spacial score (nSPS) is 11.7. The molecule has 0 fully saturated rings. The van der Waals surface area contributed by atoms with Gasteiger partial charge in [0.15, 0.2) is 0 Å². The number of halogens is 4. The molecular formula is C14H10ClF3OS. The van der Waals surface area contributed by atoms with Crippen LogP contribution in [-0.2, 0) is 12.8 Å². The highest BCUT2D eigenvalue weighted by Crippen LogP contribution is 2.36. The summed E-state index contributed by atoms with van der Waals surface area (Å²) in [4.78, 5) is 1.25. The molecule has 0 atom stereocenters. The summed E-state index contributed by atoms with van der Waals surface area (Å²) >= 11 is 6.96. The van der Waals surface area contributed by atoms with Gasteiger partial charge in [-0.1, -0.05) is 29.4 Å². The summed E-state index contributed by atoms with van der Waals surface area (Å²) in [7, 11) is 0. The molecule has 6 heteroatoms. The quantitative estimate of drug-likeness (QED) is 0.859. The van der Waals surface area contributed by atoms with Crippen LogP contribution in [0, 0.1) is 0 Å². The Bertz CT molecular complexity index is 596. The van der Waals surface area contributed by atoms with Crippen molar-refractivity contribution in [3.63, 3.8) is 0 Å². The van der Waals surface area contributed by atoms with Crippen LogP contribution in [0.2, 0.25) is 5.02 Å². The minimum Gasteiger partial charge on any atom is -0.392 e. The van der Waals surface area contributed by atoms with Crippen molar-refractivity contribution in [1.29, 1.82) is 0 Å². The molecule has 106 valence electrons. The van der Waals surface area contributed by atoms with E-state index in [1.165, 1.54) is 17.8 Å². The Morgan fingerprint density at radius 1 is 1.00 bits per heavy atom.